The first kappa shape index (κ1) is 13.6. The second-order valence-electron chi connectivity index (χ2n) is 4.77. The minimum absolute atomic E-state index is 0.115. The maximum atomic E-state index is 13.9. The van der Waals surface area contributed by atoms with Crippen molar-refractivity contribution < 1.29 is 9.13 Å². The highest BCUT2D eigenvalue weighted by Crippen LogP contribution is 2.29. The lowest BCUT2D eigenvalue weighted by atomic mass is 10.1. The Morgan fingerprint density at radius 3 is 2.47 bits per heavy atom. The summed E-state index contributed by atoms with van der Waals surface area (Å²) < 4.78 is 19.7. The Bertz CT molecular complexity index is 566. The molecule has 0 saturated heterocycles. The summed E-state index contributed by atoms with van der Waals surface area (Å²) in [6, 6.07) is 12.4. The van der Waals surface area contributed by atoms with Gasteiger partial charge < -0.3 is 10.5 Å². The van der Waals surface area contributed by atoms with Gasteiger partial charge in [-0.25, -0.2) is 4.39 Å². The van der Waals surface area contributed by atoms with Crippen molar-refractivity contribution in [2.24, 2.45) is 5.73 Å². The Kier molecular flexibility index (Phi) is 4.17. The van der Waals surface area contributed by atoms with Gasteiger partial charge in [0.05, 0.1) is 0 Å². The number of halogens is 1. The average molecular weight is 259 g/mol. The number of aryl methyl sites for hydroxylation is 1. The predicted octanol–water partition coefficient (Wildman–Crippen LogP) is 3.82. The Morgan fingerprint density at radius 1 is 1.11 bits per heavy atom. The molecule has 0 fully saturated rings. The van der Waals surface area contributed by atoms with E-state index in [1.54, 1.807) is 12.1 Å². The van der Waals surface area contributed by atoms with Gasteiger partial charge in [0, 0.05) is 11.6 Å². The third-order valence-electron chi connectivity index (χ3n) is 2.92. The average Bonchev–Trinajstić information content (AvgIpc) is 2.36. The molecule has 3 heteroatoms. The summed E-state index contributed by atoms with van der Waals surface area (Å²) in [5.41, 5.74) is 7.30. The first-order valence-electron chi connectivity index (χ1n) is 6.34. The Morgan fingerprint density at radius 2 is 1.79 bits per heavy atom. The van der Waals surface area contributed by atoms with Crippen LogP contribution in [-0.4, -0.2) is 6.04 Å². The van der Waals surface area contributed by atoms with Crippen LogP contribution in [0.3, 0.4) is 0 Å². The number of para-hydroxylation sites is 1. The zero-order chi connectivity index (χ0) is 13.8. The van der Waals surface area contributed by atoms with Gasteiger partial charge in [0.2, 0.25) is 0 Å². The van der Waals surface area contributed by atoms with Crippen molar-refractivity contribution in [3.63, 3.8) is 0 Å². The smallest absolute Gasteiger partial charge is 0.133 e. The van der Waals surface area contributed by atoms with E-state index in [0.717, 1.165) is 11.3 Å². The summed E-state index contributed by atoms with van der Waals surface area (Å²) in [5.74, 6) is 0.994. The van der Waals surface area contributed by atoms with Crippen molar-refractivity contribution in [1.29, 1.82) is 0 Å². The predicted molar refractivity (Wildman–Crippen MR) is 75.0 cm³/mol. The van der Waals surface area contributed by atoms with Crippen LogP contribution in [0.1, 0.15) is 18.1 Å². The van der Waals surface area contributed by atoms with E-state index in [-0.39, 0.29) is 11.9 Å². The number of hydrogen-bond donors (Lipinski definition) is 1. The minimum atomic E-state index is -0.275. The molecular formula is C16H18FNO. The molecule has 2 nitrogen and oxygen atoms in total. The summed E-state index contributed by atoms with van der Waals surface area (Å²) in [5, 5.41) is 0. The number of rotatable bonds is 4. The van der Waals surface area contributed by atoms with E-state index in [2.05, 4.69) is 0 Å². The topological polar surface area (TPSA) is 35.2 Å². The van der Waals surface area contributed by atoms with Gasteiger partial charge in [-0.2, -0.15) is 0 Å². The molecule has 19 heavy (non-hydrogen) atoms. The van der Waals surface area contributed by atoms with Gasteiger partial charge in [-0.15, -0.1) is 0 Å². The standard InChI is InChI=1S/C16H18FNO/c1-11-6-3-4-8-15(11)19-16-9-5-7-14(17)13(16)10-12(2)18/h3-9,12H,10,18H2,1-2H3. The third kappa shape index (κ3) is 3.32. The number of benzene rings is 2. The van der Waals surface area contributed by atoms with Crippen LogP contribution in [0, 0.1) is 12.7 Å². The maximum absolute atomic E-state index is 13.9. The molecule has 1 unspecified atom stereocenters. The van der Waals surface area contributed by atoms with Gasteiger partial charge in [-0.1, -0.05) is 24.3 Å². The Labute approximate surface area is 113 Å². The fraction of sp³-hybridized carbons (Fsp3) is 0.250. The first-order chi connectivity index (χ1) is 9.08. The van der Waals surface area contributed by atoms with Crippen LogP contribution in [0.2, 0.25) is 0 Å². The lowest BCUT2D eigenvalue weighted by molar-refractivity contribution is 0.460. The van der Waals surface area contributed by atoms with Crippen molar-refractivity contribution in [3.05, 3.63) is 59.4 Å². The molecule has 0 aliphatic carbocycles. The molecule has 2 N–H and O–H groups in total. The summed E-state index contributed by atoms with van der Waals surface area (Å²) >= 11 is 0. The molecule has 0 aliphatic heterocycles. The molecular weight excluding hydrogens is 241 g/mol. The van der Waals surface area contributed by atoms with E-state index in [1.807, 2.05) is 38.1 Å². The Hall–Kier alpha value is -1.87. The lowest BCUT2D eigenvalue weighted by Gasteiger charge is -2.14. The largest absolute Gasteiger partial charge is 0.457 e. The molecule has 100 valence electrons. The SMILES string of the molecule is Cc1ccccc1Oc1cccc(F)c1CC(C)N. The van der Waals surface area contributed by atoms with Crippen LogP contribution in [0.4, 0.5) is 4.39 Å². The zero-order valence-corrected chi connectivity index (χ0v) is 11.2. The molecule has 0 amide bonds. The fourth-order valence-corrected chi connectivity index (χ4v) is 1.94. The molecule has 2 rings (SSSR count). The van der Waals surface area contributed by atoms with Crippen molar-refractivity contribution >= 4 is 0 Å². The molecule has 0 aromatic heterocycles. The summed E-state index contributed by atoms with van der Waals surface area (Å²) in [6.45, 7) is 3.81. The lowest BCUT2D eigenvalue weighted by Crippen LogP contribution is -2.19. The van der Waals surface area contributed by atoms with Crippen molar-refractivity contribution in [2.45, 2.75) is 26.3 Å². The number of nitrogens with two attached hydrogens (primary N) is 1. The highest BCUT2D eigenvalue weighted by molar-refractivity contribution is 5.41. The van der Waals surface area contributed by atoms with Crippen LogP contribution in [-0.2, 0) is 6.42 Å². The highest BCUT2D eigenvalue weighted by Gasteiger charge is 2.12. The Balaban J connectivity index is 2.35. The molecule has 0 aliphatic rings. The van der Waals surface area contributed by atoms with E-state index < -0.39 is 0 Å². The molecule has 0 heterocycles. The summed E-state index contributed by atoms with van der Waals surface area (Å²) in [4.78, 5) is 0. The molecule has 2 aromatic carbocycles. The minimum Gasteiger partial charge on any atom is -0.457 e. The van der Waals surface area contributed by atoms with Crippen LogP contribution in [0.25, 0.3) is 0 Å². The van der Waals surface area contributed by atoms with Crippen molar-refractivity contribution in [2.75, 3.05) is 0 Å². The summed E-state index contributed by atoms with van der Waals surface area (Å²) in [7, 11) is 0. The van der Waals surface area contributed by atoms with E-state index in [9.17, 15) is 4.39 Å². The molecule has 0 bridgehead atoms. The zero-order valence-electron chi connectivity index (χ0n) is 11.2. The first-order valence-corrected chi connectivity index (χ1v) is 6.34. The molecule has 0 saturated carbocycles. The molecule has 2 aromatic rings. The summed E-state index contributed by atoms with van der Waals surface area (Å²) in [6.07, 6.45) is 0.452. The van der Waals surface area contributed by atoms with Crippen LogP contribution >= 0.6 is 0 Å². The second-order valence-corrected chi connectivity index (χ2v) is 4.77. The number of hydrogen-bond acceptors (Lipinski definition) is 2. The van der Waals surface area contributed by atoms with Gasteiger partial charge in [0.1, 0.15) is 17.3 Å². The monoisotopic (exact) mass is 259 g/mol. The van der Waals surface area contributed by atoms with Gasteiger partial charge in [0.15, 0.2) is 0 Å². The van der Waals surface area contributed by atoms with Crippen molar-refractivity contribution in [1.82, 2.24) is 0 Å². The number of ether oxygens (including phenoxy) is 1. The van der Waals surface area contributed by atoms with Gasteiger partial charge in [0.25, 0.3) is 0 Å². The van der Waals surface area contributed by atoms with Gasteiger partial charge in [-0.05, 0) is 44.0 Å². The molecule has 1 atom stereocenters. The fourth-order valence-electron chi connectivity index (χ4n) is 1.94. The molecule has 0 radical (unpaired) electrons. The van der Waals surface area contributed by atoms with E-state index >= 15 is 0 Å². The molecule has 0 spiro atoms. The van der Waals surface area contributed by atoms with E-state index in [4.69, 9.17) is 10.5 Å². The van der Waals surface area contributed by atoms with E-state index in [1.165, 1.54) is 6.07 Å². The quantitative estimate of drug-likeness (QED) is 0.906. The van der Waals surface area contributed by atoms with Gasteiger partial charge >= 0.3 is 0 Å². The van der Waals surface area contributed by atoms with Crippen LogP contribution in [0.5, 0.6) is 11.5 Å². The maximum Gasteiger partial charge on any atom is 0.133 e. The normalized spacial score (nSPS) is 12.2. The van der Waals surface area contributed by atoms with E-state index in [0.29, 0.717) is 17.7 Å². The second kappa shape index (κ2) is 5.85. The van der Waals surface area contributed by atoms with Gasteiger partial charge in [-0.3, -0.25) is 0 Å². The van der Waals surface area contributed by atoms with Crippen LogP contribution < -0.4 is 10.5 Å². The van der Waals surface area contributed by atoms with Crippen molar-refractivity contribution in [3.8, 4) is 11.5 Å². The van der Waals surface area contributed by atoms with Crippen LogP contribution in [0.15, 0.2) is 42.5 Å². The third-order valence-corrected chi connectivity index (χ3v) is 2.92. The highest BCUT2D eigenvalue weighted by atomic mass is 19.1.